The summed E-state index contributed by atoms with van der Waals surface area (Å²) in [7, 11) is 0. The van der Waals surface area contributed by atoms with Crippen molar-refractivity contribution < 1.29 is 14.3 Å². The Balaban J connectivity index is 1.48. The Bertz CT molecular complexity index is 1040. The molecule has 2 aromatic carbocycles. The minimum atomic E-state index is -0.429. The standard InChI is InChI=1S/C24H27N5O3/c1-4-20(17-10-12-19(13-11-17)32-18-8-6-5-7-9-18)27-22-25-15-26-23(28-22)29-21(16(2)3)14-31-24(29)30/h5-13,15-16,20-21H,4,14H2,1-3H3,(H,25,26,27,28)/t20-,21?/m0/s1. The van der Waals surface area contributed by atoms with Crippen LogP contribution in [0.25, 0.3) is 0 Å². The van der Waals surface area contributed by atoms with E-state index >= 15 is 0 Å². The van der Waals surface area contributed by atoms with Gasteiger partial charge in [-0.1, -0.05) is 51.1 Å². The number of amides is 1. The molecule has 2 heterocycles. The normalized spacial score (nSPS) is 16.7. The number of benzene rings is 2. The molecule has 32 heavy (non-hydrogen) atoms. The first-order valence-corrected chi connectivity index (χ1v) is 10.8. The maximum atomic E-state index is 12.2. The van der Waals surface area contributed by atoms with Gasteiger partial charge in [-0.2, -0.15) is 4.98 Å². The highest BCUT2D eigenvalue weighted by Crippen LogP contribution is 2.28. The Hall–Kier alpha value is -3.68. The highest BCUT2D eigenvalue weighted by Gasteiger charge is 2.38. The summed E-state index contributed by atoms with van der Waals surface area (Å²) in [5.41, 5.74) is 1.08. The van der Waals surface area contributed by atoms with Crippen molar-refractivity contribution in [3.63, 3.8) is 0 Å². The van der Waals surface area contributed by atoms with Gasteiger partial charge in [-0.05, 0) is 42.2 Å². The molecule has 0 radical (unpaired) electrons. The van der Waals surface area contributed by atoms with Crippen molar-refractivity contribution in [3.8, 4) is 11.5 Å². The van der Waals surface area contributed by atoms with Crippen molar-refractivity contribution in [2.75, 3.05) is 16.8 Å². The average molecular weight is 434 g/mol. The van der Waals surface area contributed by atoms with Crippen molar-refractivity contribution in [2.45, 2.75) is 39.3 Å². The van der Waals surface area contributed by atoms with Crippen molar-refractivity contribution in [1.29, 1.82) is 0 Å². The van der Waals surface area contributed by atoms with Gasteiger partial charge < -0.3 is 14.8 Å². The van der Waals surface area contributed by atoms with Gasteiger partial charge in [-0.25, -0.2) is 19.7 Å². The lowest BCUT2D eigenvalue weighted by molar-refractivity contribution is 0.177. The van der Waals surface area contributed by atoms with Crippen molar-refractivity contribution >= 4 is 18.0 Å². The van der Waals surface area contributed by atoms with Gasteiger partial charge in [-0.15, -0.1) is 0 Å². The molecule has 0 aliphatic carbocycles. The zero-order chi connectivity index (χ0) is 22.5. The summed E-state index contributed by atoms with van der Waals surface area (Å²) >= 11 is 0. The molecule has 1 N–H and O–H groups in total. The maximum Gasteiger partial charge on any atom is 0.417 e. The molecule has 0 saturated carbocycles. The predicted molar refractivity (Wildman–Crippen MR) is 122 cm³/mol. The number of nitrogens with zero attached hydrogens (tertiary/aromatic N) is 4. The largest absolute Gasteiger partial charge is 0.457 e. The molecule has 3 aromatic rings. The first kappa shape index (κ1) is 21.5. The molecule has 1 aliphatic rings. The Labute approximate surface area is 187 Å². The molecule has 1 saturated heterocycles. The van der Waals surface area contributed by atoms with Crippen LogP contribution in [-0.4, -0.2) is 33.7 Å². The lowest BCUT2D eigenvalue weighted by Crippen LogP contribution is -2.38. The highest BCUT2D eigenvalue weighted by molar-refractivity contribution is 5.88. The molecule has 1 aromatic heterocycles. The topological polar surface area (TPSA) is 89.5 Å². The molecule has 1 unspecified atom stereocenters. The van der Waals surface area contributed by atoms with Crippen molar-refractivity contribution in [3.05, 3.63) is 66.5 Å². The summed E-state index contributed by atoms with van der Waals surface area (Å²) in [6, 6.07) is 17.5. The zero-order valence-electron chi connectivity index (χ0n) is 18.4. The van der Waals surface area contributed by atoms with Gasteiger partial charge in [0.05, 0.1) is 12.1 Å². The monoisotopic (exact) mass is 433 g/mol. The third kappa shape index (κ3) is 4.80. The Morgan fingerprint density at radius 3 is 2.50 bits per heavy atom. The third-order valence-electron chi connectivity index (χ3n) is 5.42. The number of anilines is 2. The van der Waals surface area contributed by atoms with Crippen LogP contribution in [0.15, 0.2) is 60.9 Å². The molecule has 0 spiro atoms. The number of hydrogen-bond acceptors (Lipinski definition) is 7. The molecule has 8 nitrogen and oxygen atoms in total. The number of nitrogens with one attached hydrogen (secondary N) is 1. The van der Waals surface area contributed by atoms with E-state index in [1.165, 1.54) is 11.2 Å². The van der Waals surface area contributed by atoms with Crippen LogP contribution < -0.4 is 15.0 Å². The predicted octanol–water partition coefficient (Wildman–Crippen LogP) is 5.21. The molecule has 2 atom stereocenters. The van der Waals surface area contributed by atoms with Gasteiger partial charge in [0.1, 0.15) is 24.4 Å². The number of carbonyl (C=O) groups is 1. The third-order valence-corrected chi connectivity index (χ3v) is 5.42. The molecular weight excluding hydrogens is 406 g/mol. The van der Waals surface area contributed by atoms with Crippen LogP contribution in [0.5, 0.6) is 11.5 Å². The number of cyclic esters (lactones) is 1. The summed E-state index contributed by atoms with van der Waals surface area (Å²) in [5, 5.41) is 3.36. The fourth-order valence-corrected chi connectivity index (χ4v) is 3.60. The van der Waals surface area contributed by atoms with E-state index in [4.69, 9.17) is 9.47 Å². The van der Waals surface area contributed by atoms with E-state index in [1.807, 2.05) is 68.4 Å². The van der Waals surface area contributed by atoms with Gasteiger partial charge in [0, 0.05) is 0 Å². The molecule has 4 rings (SSSR count). The number of rotatable bonds is 8. The quantitative estimate of drug-likeness (QED) is 0.522. The fourth-order valence-electron chi connectivity index (χ4n) is 3.60. The van der Waals surface area contributed by atoms with E-state index in [9.17, 15) is 4.79 Å². The van der Waals surface area contributed by atoms with Crippen LogP contribution in [0, 0.1) is 5.92 Å². The van der Waals surface area contributed by atoms with Gasteiger partial charge in [0.25, 0.3) is 0 Å². The van der Waals surface area contributed by atoms with E-state index < -0.39 is 6.09 Å². The SMILES string of the molecule is CC[C@H](Nc1ncnc(N2C(=O)OCC2C(C)C)n1)c1ccc(Oc2ccccc2)cc1. The average Bonchev–Trinajstić information content (AvgIpc) is 3.21. The Morgan fingerprint density at radius 2 is 1.81 bits per heavy atom. The first-order valence-electron chi connectivity index (χ1n) is 10.8. The van der Waals surface area contributed by atoms with Gasteiger partial charge in [-0.3, -0.25) is 0 Å². The van der Waals surface area contributed by atoms with E-state index in [1.54, 1.807) is 0 Å². The van der Waals surface area contributed by atoms with Crippen LogP contribution >= 0.6 is 0 Å². The van der Waals surface area contributed by atoms with Gasteiger partial charge >= 0.3 is 6.09 Å². The molecule has 1 amide bonds. The molecule has 1 aliphatic heterocycles. The van der Waals surface area contributed by atoms with E-state index in [2.05, 4.69) is 27.2 Å². The molecule has 1 fully saturated rings. The molecule has 8 heteroatoms. The number of ether oxygens (including phenoxy) is 2. The Morgan fingerprint density at radius 1 is 1.09 bits per heavy atom. The Kier molecular flexibility index (Phi) is 6.49. The minimum absolute atomic E-state index is 0.0116. The summed E-state index contributed by atoms with van der Waals surface area (Å²) in [5.74, 6) is 2.49. The van der Waals surface area contributed by atoms with Crippen molar-refractivity contribution in [2.24, 2.45) is 5.92 Å². The lowest BCUT2D eigenvalue weighted by atomic mass is 10.0. The van der Waals surface area contributed by atoms with E-state index in [-0.39, 0.29) is 18.0 Å². The maximum absolute atomic E-state index is 12.2. The number of aromatic nitrogens is 3. The van der Waals surface area contributed by atoms with E-state index in [0.29, 0.717) is 18.5 Å². The van der Waals surface area contributed by atoms with Crippen LogP contribution in [-0.2, 0) is 4.74 Å². The minimum Gasteiger partial charge on any atom is -0.457 e. The van der Waals surface area contributed by atoms with Crippen LogP contribution in [0.1, 0.15) is 38.8 Å². The van der Waals surface area contributed by atoms with Crippen molar-refractivity contribution in [1.82, 2.24) is 15.0 Å². The second-order valence-corrected chi connectivity index (χ2v) is 7.96. The van der Waals surface area contributed by atoms with E-state index in [0.717, 1.165) is 23.5 Å². The number of hydrogen-bond donors (Lipinski definition) is 1. The summed E-state index contributed by atoms with van der Waals surface area (Å²) in [4.78, 5) is 26.7. The van der Waals surface area contributed by atoms with Crippen LogP contribution in [0.3, 0.4) is 0 Å². The van der Waals surface area contributed by atoms with Crippen LogP contribution in [0.2, 0.25) is 0 Å². The summed E-state index contributed by atoms with van der Waals surface area (Å²) < 4.78 is 11.1. The smallest absolute Gasteiger partial charge is 0.417 e. The second kappa shape index (κ2) is 9.64. The molecule has 0 bridgehead atoms. The lowest BCUT2D eigenvalue weighted by Gasteiger charge is -2.23. The van der Waals surface area contributed by atoms with Gasteiger partial charge in [0.15, 0.2) is 0 Å². The second-order valence-electron chi connectivity index (χ2n) is 7.96. The molecule has 166 valence electrons. The summed E-state index contributed by atoms with van der Waals surface area (Å²) in [6.45, 7) is 6.50. The highest BCUT2D eigenvalue weighted by atomic mass is 16.6. The fraction of sp³-hybridized carbons (Fsp3) is 0.333. The zero-order valence-corrected chi connectivity index (χ0v) is 18.4. The number of para-hydroxylation sites is 1. The van der Waals surface area contributed by atoms with Gasteiger partial charge in [0.2, 0.25) is 11.9 Å². The first-order chi connectivity index (χ1) is 15.5. The van der Waals surface area contributed by atoms with Crippen LogP contribution in [0.4, 0.5) is 16.7 Å². The summed E-state index contributed by atoms with van der Waals surface area (Å²) in [6.07, 6.45) is 1.80. The number of carbonyl (C=O) groups excluding carboxylic acids is 1. The molecular formula is C24H27N5O3.